The van der Waals surface area contributed by atoms with E-state index in [0.29, 0.717) is 12.0 Å². The standard InChI is InChI=1S/C28H40O6/c1-8-16(2)24(30)34-22-15-20-26(5,11-9-12-27(20,6)25(31)32-7)21-14-19-10-13-28(21,22)23(17(19)3)33-18(4)29/h8,19-23H,3,9-15H2,1-2,4-7H3. The summed E-state index contributed by atoms with van der Waals surface area (Å²) >= 11 is 0. The van der Waals surface area contributed by atoms with E-state index in [0.717, 1.165) is 44.1 Å². The second kappa shape index (κ2) is 8.53. The van der Waals surface area contributed by atoms with Crippen molar-refractivity contribution >= 4 is 17.9 Å². The summed E-state index contributed by atoms with van der Waals surface area (Å²) in [6.45, 7) is 13.7. The molecule has 1 spiro atoms. The molecule has 188 valence electrons. The van der Waals surface area contributed by atoms with E-state index >= 15 is 0 Å². The maximum atomic E-state index is 13.1. The van der Waals surface area contributed by atoms with Gasteiger partial charge in [0.05, 0.1) is 17.9 Å². The largest absolute Gasteiger partial charge is 0.469 e. The quantitative estimate of drug-likeness (QED) is 0.243. The Morgan fingerprint density at radius 3 is 2.35 bits per heavy atom. The molecule has 0 aliphatic heterocycles. The van der Waals surface area contributed by atoms with Gasteiger partial charge in [0.15, 0.2) is 0 Å². The van der Waals surface area contributed by atoms with Crippen LogP contribution < -0.4 is 0 Å². The molecule has 0 N–H and O–H groups in total. The summed E-state index contributed by atoms with van der Waals surface area (Å²) < 4.78 is 17.6. The molecule has 0 amide bonds. The van der Waals surface area contributed by atoms with Crippen LogP contribution in [-0.2, 0) is 28.6 Å². The fourth-order valence-electron chi connectivity index (χ4n) is 8.49. The minimum Gasteiger partial charge on any atom is -0.469 e. The summed E-state index contributed by atoms with van der Waals surface area (Å²) in [5.74, 6) is -0.439. The Labute approximate surface area is 203 Å². The molecule has 8 unspecified atom stereocenters. The Morgan fingerprint density at radius 1 is 1.03 bits per heavy atom. The Bertz CT molecular complexity index is 935. The van der Waals surface area contributed by atoms with Crippen molar-refractivity contribution in [2.45, 2.75) is 91.8 Å². The third-order valence-electron chi connectivity index (χ3n) is 10.2. The number of rotatable bonds is 4. The van der Waals surface area contributed by atoms with Gasteiger partial charge in [-0.05, 0) is 88.0 Å². The zero-order valence-corrected chi connectivity index (χ0v) is 21.6. The highest BCUT2D eigenvalue weighted by Crippen LogP contribution is 2.73. The molecular weight excluding hydrogens is 432 g/mol. The molecule has 5 aliphatic rings. The van der Waals surface area contributed by atoms with Gasteiger partial charge in [-0.2, -0.15) is 0 Å². The van der Waals surface area contributed by atoms with Crippen molar-refractivity contribution in [1.29, 1.82) is 0 Å². The molecule has 5 rings (SSSR count). The van der Waals surface area contributed by atoms with E-state index in [1.165, 1.54) is 14.0 Å². The normalized spacial score (nSPS) is 43.4. The number of methoxy groups -OCH3 is 1. The van der Waals surface area contributed by atoms with Crippen LogP contribution in [0.2, 0.25) is 0 Å². The van der Waals surface area contributed by atoms with E-state index in [9.17, 15) is 14.4 Å². The van der Waals surface area contributed by atoms with Crippen molar-refractivity contribution in [2.24, 2.45) is 34.0 Å². The average Bonchev–Trinajstić information content (AvgIpc) is 2.81. The van der Waals surface area contributed by atoms with E-state index in [2.05, 4.69) is 13.5 Å². The first-order valence-electron chi connectivity index (χ1n) is 12.7. The third-order valence-corrected chi connectivity index (χ3v) is 10.2. The van der Waals surface area contributed by atoms with Crippen molar-refractivity contribution in [3.63, 3.8) is 0 Å². The molecule has 34 heavy (non-hydrogen) atoms. The highest BCUT2D eigenvalue weighted by atomic mass is 16.6. The molecule has 6 heteroatoms. The van der Waals surface area contributed by atoms with Crippen molar-refractivity contribution < 1.29 is 28.6 Å². The van der Waals surface area contributed by atoms with Crippen molar-refractivity contribution in [2.75, 3.05) is 7.11 Å². The van der Waals surface area contributed by atoms with Gasteiger partial charge in [-0.1, -0.05) is 26.0 Å². The Kier molecular flexibility index (Phi) is 6.27. The summed E-state index contributed by atoms with van der Waals surface area (Å²) in [6.07, 6.45) is 6.77. The molecule has 8 atom stereocenters. The number of carbonyl (C=O) groups excluding carboxylic acids is 3. The summed E-state index contributed by atoms with van der Waals surface area (Å²) in [5, 5.41) is 0. The molecule has 0 aromatic heterocycles. The predicted octanol–water partition coefficient (Wildman–Crippen LogP) is 5.16. The predicted molar refractivity (Wildman–Crippen MR) is 127 cm³/mol. The van der Waals surface area contributed by atoms with E-state index in [1.807, 2.05) is 13.8 Å². The second-order valence-corrected chi connectivity index (χ2v) is 11.6. The fraction of sp³-hybridized carbons (Fsp3) is 0.750. The number of ether oxygens (including phenoxy) is 3. The zero-order valence-electron chi connectivity index (χ0n) is 21.6. The SMILES string of the molecule is C=C1C2CCC3(C(OC(=O)C(C)=CC)CC4C(C)(C(=O)OC)CCCC4(C)C3C2)C1OC(C)=O. The van der Waals surface area contributed by atoms with E-state index in [4.69, 9.17) is 14.2 Å². The van der Waals surface area contributed by atoms with Crippen molar-refractivity contribution in [1.82, 2.24) is 0 Å². The van der Waals surface area contributed by atoms with Gasteiger partial charge in [0.2, 0.25) is 0 Å². The van der Waals surface area contributed by atoms with Crippen LogP contribution in [-0.4, -0.2) is 37.2 Å². The molecule has 0 heterocycles. The third kappa shape index (κ3) is 3.38. The lowest BCUT2D eigenvalue weighted by atomic mass is 9.35. The zero-order chi connectivity index (χ0) is 25.1. The first-order valence-corrected chi connectivity index (χ1v) is 12.7. The first-order chi connectivity index (χ1) is 16.0. The molecule has 2 bridgehead atoms. The van der Waals surface area contributed by atoms with Crippen LogP contribution in [0.4, 0.5) is 0 Å². The van der Waals surface area contributed by atoms with E-state index in [-0.39, 0.29) is 41.1 Å². The fourth-order valence-corrected chi connectivity index (χ4v) is 8.49. The highest BCUT2D eigenvalue weighted by Gasteiger charge is 2.72. The average molecular weight is 473 g/mol. The first kappa shape index (κ1) is 25.0. The highest BCUT2D eigenvalue weighted by molar-refractivity contribution is 5.87. The maximum absolute atomic E-state index is 13.1. The monoisotopic (exact) mass is 472 g/mol. The molecule has 5 aliphatic carbocycles. The smallest absolute Gasteiger partial charge is 0.333 e. The summed E-state index contributed by atoms with van der Waals surface area (Å²) in [7, 11) is 1.46. The maximum Gasteiger partial charge on any atom is 0.333 e. The van der Waals surface area contributed by atoms with Crippen molar-refractivity contribution in [3.8, 4) is 0 Å². The number of esters is 3. The molecule has 6 nitrogen and oxygen atoms in total. The lowest BCUT2D eigenvalue weighted by molar-refractivity contribution is -0.260. The molecule has 0 aromatic rings. The molecule has 0 radical (unpaired) electrons. The van der Waals surface area contributed by atoms with E-state index < -0.39 is 23.0 Å². The number of carbonyl (C=O) groups is 3. The number of allylic oxidation sites excluding steroid dienone is 1. The summed E-state index contributed by atoms with van der Waals surface area (Å²) in [6, 6.07) is 0. The van der Waals surface area contributed by atoms with Crippen LogP contribution in [0, 0.1) is 34.0 Å². The van der Waals surface area contributed by atoms with Crippen LogP contribution in [0.5, 0.6) is 0 Å². The summed E-state index contributed by atoms with van der Waals surface area (Å²) in [4.78, 5) is 38.4. The van der Waals surface area contributed by atoms with Crippen LogP contribution >= 0.6 is 0 Å². The number of hydrogen-bond acceptors (Lipinski definition) is 6. The Hall–Kier alpha value is -2.11. The van der Waals surface area contributed by atoms with Gasteiger partial charge in [-0.15, -0.1) is 0 Å². The lowest BCUT2D eigenvalue weighted by Crippen LogP contribution is -2.71. The van der Waals surface area contributed by atoms with Crippen LogP contribution in [0.15, 0.2) is 23.8 Å². The second-order valence-electron chi connectivity index (χ2n) is 11.6. The van der Waals surface area contributed by atoms with Crippen LogP contribution in [0.1, 0.15) is 79.6 Å². The number of fused-ring (bicyclic) bond motifs is 3. The molecule has 5 saturated carbocycles. The minimum absolute atomic E-state index is 0.00568. The molecule has 0 saturated heterocycles. The van der Waals surface area contributed by atoms with Gasteiger partial charge in [0.25, 0.3) is 0 Å². The molecule has 0 aromatic carbocycles. The molecular formula is C28H40O6. The van der Waals surface area contributed by atoms with Gasteiger partial charge < -0.3 is 14.2 Å². The van der Waals surface area contributed by atoms with Gasteiger partial charge in [-0.25, -0.2) is 4.79 Å². The molecule has 5 fully saturated rings. The van der Waals surface area contributed by atoms with Gasteiger partial charge in [-0.3, -0.25) is 9.59 Å². The lowest BCUT2D eigenvalue weighted by Gasteiger charge is -2.70. The van der Waals surface area contributed by atoms with Gasteiger partial charge >= 0.3 is 17.9 Å². The van der Waals surface area contributed by atoms with Crippen molar-refractivity contribution in [3.05, 3.63) is 23.8 Å². The minimum atomic E-state index is -0.645. The van der Waals surface area contributed by atoms with Crippen LogP contribution in [0.3, 0.4) is 0 Å². The Balaban J connectivity index is 1.87. The van der Waals surface area contributed by atoms with Gasteiger partial charge in [0.1, 0.15) is 12.2 Å². The topological polar surface area (TPSA) is 78.9 Å². The Morgan fingerprint density at radius 2 is 1.74 bits per heavy atom. The van der Waals surface area contributed by atoms with E-state index in [1.54, 1.807) is 13.0 Å². The van der Waals surface area contributed by atoms with Gasteiger partial charge in [0, 0.05) is 12.5 Å². The summed E-state index contributed by atoms with van der Waals surface area (Å²) in [5.41, 5.74) is 0.176. The van der Waals surface area contributed by atoms with Crippen LogP contribution in [0.25, 0.3) is 0 Å². The number of hydrogen-bond donors (Lipinski definition) is 0.